The maximum atomic E-state index is 13.5. The largest absolute Gasteiger partial charge is 0.508 e. The number of aliphatic hydroxyl groups excluding tert-OH is 2. The van der Waals surface area contributed by atoms with Gasteiger partial charge in [-0.2, -0.15) is 0 Å². The number of nitrogens with zero attached hydrogens (tertiary/aromatic N) is 4. The summed E-state index contributed by atoms with van der Waals surface area (Å²) in [6.07, 6.45) is 7.05. The summed E-state index contributed by atoms with van der Waals surface area (Å²) in [6.45, 7) is 8.68. The molecule has 6 aromatic rings. The molecule has 0 saturated carbocycles. The van der Waals surface area contributed by atoms with Crippen LogP contribution in [0.1, 0.15) is 97.6 Å². The second-order valence-corrected chi connectivity index (χ2v) is 23.0. The van der Waals surface area contributed by atoms with Crippen molar-refractivity contribution in [3.05, 3.63) is 200 Å². The van der Waals surface area contributed by atoms with Crippen molar-refractivity contribution in [1.29, 1.82) is 0 Å². The summed E-state index contributed by atoms with van der Waals surface area (Å²) in [7, 11) is 4.88. The van der Waals surface area contributed by atoms with Crippen molar-refractivity contribution in [3.63, 3.8) is 0 Å². The number of carbonyl (C=O) groups excluding carboxylic acids is 3. The van der Waals surface area contributed by atoms with E-state index in [-0.39, 0.29) is 68.0 Å². The predicted octanol–water partition coefficient (Wildman–Crippen LogP) is 11.4. The Morgan fingerprint density at radius 1 is 0.558 bits per heavy atom. The number of para-hydroxylation sites is 4. The molecule has 0 spiro atoms. The zero-order chi connectivity index (χ0) is 68.5. The van der Waals surface area contributed by atoms with Crippen LogP contribution in [-0.2, 0) is 73.3 Å². The molecule has 2 saturated heterocycles. The van der Waals surface area contributed by atoms with Crippen molar-refractivity contribution < 1.29 is 82.2 Å². The number of ether oxygens (including phenoxy) is 9. The SMILES string of the molecule is CC1=C(C(=O)O)[C@H](c2ccc(Cl)nc2)CC(=O)N1C[C@H]1CCCO1.COCCOc1ccccc1CCl.COCCOc1ccccc1CO.COCCOc1ccccc1COC(=O)C1=C(C)N(C[C@H]2CCCO2)C(=O)C[C@H]1c1ccc(Cl)nc1.OCc1ccccc1O. The fourth-order valence-corrected chi connectivity index (χ4v) is 11.1. The number of carboxylic acid groups (broad SMARTS) is 1. The average Bonchev–Trinajstić information content (AvgIpc) is 1.24. The highest BCUT2D eigenvalue weighted by molar-refractivity contribution is 6.29. The molecule has 0 bridgehead atoms. The monoisotopic (exact) mass is 1370 g/mol. The van der Waals surface area contributed by atoms with E-state index in [9.17, 15) is 24.3 Å². The van der Waals surface area contributed by atoms with Gasteiger partial charge < -0.3 is 72.9 Å². The molecule has 0 radical (unpaired) electrons. The van der Waals surface area contributed by atoms with Crippen LogP contribution in [0.4, 0.5) is 0 Å². The van der Waals surface area contributed by atoms with Gasteiger partial charge in [0.15, 0.2) is 0 Å². The molecule has 512 valence electrons. The number of aliphatic carboxylic acids is 1. The Morgan fingerprint density at radius 2 is 0.968 bits per heavy atom. The number of carbonyl (C=O) groups is 4. The zero-order valence-electron chi connectivity index (χ0n) is 54.2. The smallest absolute Gasteiger partial charge is 0.336 e. The van der Waals surface area contributed by atoms with Crippen LogP contribution < -0.4 is 14.2 Å². The first-order valence-electron chi connectivity index (χ1n) is 31.1. The second-order valence-electron chi connectivity index (χ2n) is 21.9. The van der Waals surface area contributed by atoms with E-state index in [4.69, 9.17) is 92.8 Å². The summed E-state index contributed by atoms with van der Waals surface area (Å²) >= 11 is 17.5. The van der Waals surface area contributed by atoms with E-state index in [1.54, 1.807) is 99.7 Å². The van der Waals surface area contributed by atoms with E-state index in [0.29, 0.717) is 116 Å². The molecule has 24 heteroatoms. The summed E-state index contributed by atoms with van der Waals surface area (Å²) < 4.78 is 48.5. The van der Waals surface area contributed by atoms with Crippen LogP contribution in [0.3, 0.4) is 0 Å². The summed E-state index contributed by atoms with van der Waals surface area (Å²) in [6, 6.07) is 36.0. The number of pyridine rings is 2. The molecular formula is C71H85Cl3N4O17. The Kier molecular flexibility index (Phi) is 33.2. The number of methoxy groups -OCH3 is 3. The van der Waals surface area contributed by atoms with Crippen molar-refractivity contribution in [2.24, 2.45) is 0 Å². The molecule has 4 aliphatic rings. The lowest BCUT2D eigenvalue weighted by molar-refractivity contribution is -0.142. The van der Waals surface area contributed by atoms with Crippen molar-refractivity contribution in [1.82, 2.24) is 19.8 Å². The Hall–Kier alpha value is -7.67. The quantitative estimate of drug-likeness (QED) is 0.0180. The number of aromatic hydroxyl groups is 1. The first kappa shape index (κ1) is 76.3. The van der Waals surface area contributed by atoms with Crippen LogP contribution in [0.25, 0.3) is 0 Å². The molecule has 2 aromatic heterocycles. The van der Waals surface area contributed by atoms with Gasteiger partial charge in [-0.25, -0.2) is 19.6 Å². The molecule has 10 rings (SSSR count). The number of rotatable bonds is 25. The Balaban J connectivity index is 0.000000207. The van der Waals surface area contributed by atoms with E-state index in [1.807, 2.05) is 72.8 Å². The number of halogens is 3. The third-order valence-electron chi connectivity index (χ3n) is 15.6. The number of amides is 2. The summed E-state index contributed by atoms with van der Waals surface area (Å²) in [4.78, 5) is 62.5. The molecule has 4 N–H and O–H groups in total. The molecule has 2 amide bonds. The fourth-order valence-electron chi connectivity index (χ4n) is 10.6. The predicted molar refractivity (Wildman–Crippen MR) is 358 cm³/mol. The van der Waals surface area contributed by atoms with Gasteiger partial charge in [-0.15, -0.1) is 11.6 Å². The van der Waals surface area contributed by atoms with Gasteiger partial charge in [0, 0.05) is 105 Å². The van der Waals surface area contributed by atoms with Crippen LogP contribution in [-0.4, -0.2) is 163 Å². The van der Waals surface area contributed by atoms with E-state index in [0.717, 1.165) is 59.4 Å². The van der Waals surface area contributed by atoms with Crippen molar-refractivity contribution in [2.75, 3.05) is 87.3 Å². The molecule has 95 heavy (non-hydrogen) atoms. The normalized spacial score (nSPS) is 17.5. The topological polar surface area (TPSA) is 265 Å². The van der Waals surface area contributed by atoms with Crippen LogP contribution in [0.5, 0.6) is 23.0 Å². The number of hydrogen-bond donors (Lipinski definition) is 4. The van der Waals surface area contributed by atoms with Gasteiger partial charge in [0.1, 0.15) is 59.7 Å². The first-order chi connectivity index (χ1) is 46.0. The van der Waals surface area contributed by atoms with Crippen LogP contribution in [0, 0.1) is 0 Å². The maximum absolute atomic E-state index is 13.5. The standard InChI is InChI=1S/C27H31ClN2O6.C17H19ClN2O4.C10H13ClO2.C10H14O3.C7H8O2/c1-18-26(27(32)36-17-20-6-3-4-8-23(20)35-13-12-33-2)22(19-9-10-24(28)29-15-19)14-25(31)30(18)16-21-7-5-11-34-21;1-10-16(17(22)23)13(11-4-5-14(18)19-8-11)7-15(21)20(10)9-12-3-2-6-24-12;2*1-12-6-7-13-10-5-3-2-4-9(10)8-11;8-5-6-3-1-2-4-7(6)9/h3-4,6,8-10,15,21-22H,5,7,11-14,16-17H2,1-2H3;4-5,8,12-13H,2-3,6-7,9H2,1H3,(H,22,23);2-5H,6-8H2,1H3;2-5,11H,6-8H2,1H3;1-4,8-9H,5H2/t21-,22+;12-,13+;;;/m11.../s1. The minimum absolute atomic E-state index is 0.00313. The second kappa shape index (κ2) is 41.3. The number of phenols is 1. The lowest BCUT2D eigenvalue weighted by atomic mass is 9.84. The highest BCUT2D eigenvalue weighted by Gasteiger charge is 2.40. The molecule has 0 unspecified atom stereocenters. The minimum Gasteiger partial charge on any atom is -0.508 e. The number of aliphatic hydroxyl groups is 2. The molecule has 4 aromatic carbocycles. The Bertz CT molecular complexity index is 3360. The minimum atomic E-state index is -1.02. The number of hydrogen-bond acceptors (Lipinski definition) is 18. The van der Waals surface area contributed by atoms with Crippen molar-refractivity contribution in [2.45, 2.75) is 102 Å². The number of allylic oxidation sites excluding steroid dienone is 2. The van der Waals surface area contributed by atoms with E-state index >= 15 is 0 Å². The van der Waals surface area contributed by atoms with Gasteiger partial charge >= 0.3 is 11.9 Å². The maximum Gasteiger partial charge on any atom is 0.336 e. The highest BCUT2D eigenvalue weighted by Crippen LogP contribution is 2.40. The van der Waals surface area contributed by atoms with Gasteiger partial charge in [-0.05, 0) is 87.1 Å². The zero-order valence-corrected chi connectivity index (χ0v) is 56.4. The van der Waals surface area contributed by atoms with Gasteiger partial charge in [-0.3, -0.25) is 9.59 Å². The third kappa shape index (κ3) is 23.9. The van der Waals surface area contributed by atoms with Crippen molar-refractivity contribution >= 4 is 58.6 Å². The molecule has 0 aliphatic carbocycles. The lowest BCUT2D eigenvalue weighted by Crippen LogP contribution is -2.42. The number of esters is 1. The number of carboxylic acids is 1. The van der Waals surface area contributed by atoms with Crippen LogP contribution in [0.15, 0.2) is 156 Å². The Morgan fingerprint density at radius 3 is 1.37 bits per heavy atom. The third-order valence-corrected chi connectivity index (χ3v) is 16.3. The van der Waals surface area contributed by atoms with Crippen LogP contribution >= 0.6 is 34.8 Å². The first-order valence-corrected chi connectivity index (χ1v) is 32.4. The summed E-state index contributed by atoms with van der Waals surface area (Å²) in [5, 5.41) is 36.8. The Labute approximate surface area is 570 Å². The molecular weight excluding hydrogens is 1290 g/mol. The number of alkyl halides is 1. The van der Waals surface area contributed by atoms with E-state index in [2.05, 4.69) is 9.97 Å². The van der Waals surface area contributed by atoms with Gasteiger partial charge in [0.25, 0.3) is 0 Å². The van der Waals surface area contributed by atoms with Crippen LogP contribution in [0.2, 0.25) is 10.3 Å². The number of aromatic nitrogens is 2. The molecule has 21 nitrogen and oxygen atoms in total. The van der Waals surface area contributed by atoms with E-state index < -0.39 is 23.8 Å². The molecule has 4 atom stereocenters. The highest BCUT2D eigenvalue weighted by atomic mass is 35.5. The van der Waals surface area contributed by atoms with Gasteiger partial charge in [0.2, 0.25) is 11.8 Å². The van der Waals surface area contributed by atoms with Gasteiger partial charge in [-0.1, -0.05) is 108 Å². The fraction of sp³-hybridized carbons (Fsp3) is 0.408. The summed E-state index contributed by atoms with van der Waals surface area (Å²) in [5.74, 6) is 0.181. The molecule has 4 aliphatic heterocycles. The molecule has 6 heterocycles. The number of benzene rings is 4. The van der Waals surface area contributed by atoms with Gasteiger partial charge in [0.05, 0.1) is 75.4 Å². The lowest BCUT2D eigenvalue weighted by Gasteiger charge is -2.35. The van der Waals surface area contributed by atoms with E-state index in [1.165, 1.54) is 6.20 Å². The molecule has 2 fully saturated rings. The van der Waals surface area contributed by atoms with Crippen molar-refractivity contribution in [3.8, 4) is 23.0 Å². The average molecular weight is 1370 g/mol. The summed E-state index contributed by atoms with van der Waals surface area (Å²) in [5.41, 5.74) is 6.28.